The highest BCUT2D eigenvalue weighted by Gasteiger charge is 2.37. The van der Waals surface area contributed by atoms with E-state index >= 15 is 0 Å². The zero-order valence-corrected chi connectivity index (χ0v) is 17.9. The number of nitrogens with one attached hydrogen (secondary N) is 1. The Morgan fingerprint density at radius 2 is 1.90 bits per heavy atom. The van der Waals surface area contributed by atoms with Gasteiger partial charge in [-0.1, -0.05) is 6.07 Å². The molecule has 2 aliphatic heterocycles. The van der Waals surface area contributed by atoms with Gasteiger partial charge in [0.25, 0.3) is 0 Å². The molecule has 2 atom stereocenters. The van der Waals surface area contributed by atoms with Crippen molar-refractivity contribution in [3.8, 4) is 11.5 Å². The fourth-order valence-electron chi connectivity index (χ4n) is 4.23. The second-order valence-corrected chi connectivity index (χ2v) is 7.89. The Balaban J connectivity index is 1.70. The van der Waals surface area contributed by atoms with E-state index in [9.17, 15) is 4.79 Å². The second kappa shape index (κ2) is 8.61. The van der Waals surface area contributed by atoms with E-state index in [1.165, 1.54) is 0 Å². The maximum absolute atomic E-state index is 12.2. The quantitative estimate of drug-likeness (QED) is 0.796. The highest BCUT2D eigenvalue weighted by Crippen LogP contribution is 2.39. The molecule has 2 aromatic rings. The van der Waals surface area contributed by atoms with Gasteiger partial charge in [-0.25, -0.2) is 9.67 Å². The van der Waals surface area contributed by atoms with Gasteiger partial charge in [0, 0.05) is 0 Å². The molecule has 0 unspecified atom stereocenters. The molecule has 2 aliphatic rings. The van der Waals surface area contributed by atoms with Gasteiger partial charge >= 0.3 is 0 Å². The molecule has 9 nitrogen and oxygen atoms in total. The van der Waals surface area contributed by atoms with Crippen LogP contribution in [0.1, 0.15) is 48.2 Å². The van der Waals surface area contributed by atoms with E-state index in [-0.39, 0.29) is 18.6 Å². The molecule has 30 heavy (non-hydrogen) atoms. The monoisotopic (exact) mass is 415 g/mol. The summed E-state index contributed by atoms with van der Waals surface area (Å²) in [6.45, 7) is 3.92. The van der Waals surface area contributed by atoms with E-state index in [4.69, 9.17) is 24.3 Å². The van der Waals surface area contributed by atoms with Crippen LogP contribution in [-0.2, 0) is 9.53 Å². The topological polar surface area (TPSA) is 90.7 Å². The molecule has 0 radical (unpaired) electrons. The van der Waals surface area contributed by atoms with Gasteiger partial charge in [0.1, 0.15) is 18.5 Å². The Labute approximate surface area is 176 Å². The van der Waals surface area contributed by atoms with Crippen LogP contribution in [0.25, 0.3) is 0 Å². The number of aromatic nitrogens is 3. The Morgan fingerprint density at radius 3 is 2.60 bits per heavy atom. The van der Waals surface area contributed by atoms with Gasteiger partial charge in [0.2, 0.25) is 5.91 Å². The van der Waals surface area contributed by atoms with E-state index in [1.807, 2.05) is 29.8 Å². The predicted octanol–water partition coefficient (Wildman–Crippen LogP) is 1.80. The Morgan fingerprint density at radius 1 is 1.17 bits per heavy atom. The minimum Gasteiger partial charge on any atom is -0.493 e. The first-order valence-corrected chi connectivity index (χ1v) is 10.2. The van der Waals surface area contributed by atoms with Crippen molar-refractivity contribution in [1.82, 2.24) is 25.0 Å². The van der Waals surface area contributed by atoms with Gasteiger partial charge in [0.05, 0.1) is 26.3 Å². The number of likely N-dealkylation sites (tertiary alicyclic amines) is 1. The molecule has 0 saturated carbocycles. The van der Waals surface area contributed by atoms with Crippen LogP contribution >= 0.6 is 0 Å². The molecule has 2 fully saturated rings. The number of morpholine rings is 1. The summed E-state index contributed by atoms with van der Waals surface area (Å²) < 4.78 is 18.8. The molecule has 4 rings (SSSR count). The summed E-state index contributed by atoms with van der Waals surface area (Å²) in [5.74, 6) is 2.53. The summed E-state index contributed by atoms with van der Waals surface area (Å²) in [6.07, 6.45) is 1.57. The zero-order valence-electron chi connectivity index (χ0n) is 17.9. The fraction of sp³-hybridized carbons (Fsp3) is 0.571. The van der Waals surface area contributed by atoms with Crippen molar-refractivity contribution in [3.05, 3.63) is 35.4 Å². The lowest BCUT2D eigenvalue weighted by Crippen LogP contribution is -2.43. The highest BCUT2D eigenvalue weighted by molar-refractivity contribution is 5.78. The van der Waals surface area contributed by atoms with Gasteiger partial charge < -0.3 is 24.4 Å². The molecule has 1 amide bonds. The molecule has 3 heterocycles. The molecule has 2 saturated heterocycles. The minimum atomic E-state index is -0.443. The number of methoxy groups -OCH3 is 2. The summed E-state index contributed by atoms with van der Waals surface area (Å²) in [5, 5.41) is 7.76. The molecule has 162 valence electrons. The largest absolute Gasteiger partial charge is 0.493 e. The number of benzene rings is 1. The first kappa shape index (κ1) is 20.6. The van der Waals surface area contributed by atoms with Gasteiger partial charge in [-0.2, -0.15) is 5.10 Å². The lowest BCUT2D eigenvalue weighted by molar-refractivity contribution is -0.138. The van der Waals surface area contributed by atoms with Gasteiger partial charge in [0.15, 0.2) is 17.3 Å². The average molecular weight is 415 g/mol. The summed E-state index contributed by atoms with van der Waals surface area (Å²) in [4.78, 5) is 19.2. The van der Waals surface area contributed by atoms with Gasteiger partial charge in [-0.3, -0.25) is 4.79 Å². The number of aryl methyl sites for hydroxylation is 1. The number of nitrogens with zero attached hydrogens (tertiary/aromatic N) is 4. The third-order valence-electron chi connectivity index (χ3n) is 5.83. The van der Waals surface area contributed by atoms with E-state index < -0.39 is 12.1 Å². The van der Waals surface area contributed by atoms with Crippen LogP contribution in [0.5, 0.6) is 11.5 Å². The van der Waals surface area contributed by atoms with Crippen LogP contribution < -0.4 is 14.8 Å². The van der Waals surface area contributed by atoms with Crippen molar-refractivity contribution in [2.45, 2.75) is 38.0 Å². The van der Waals surface area contributed by atoms with Crippen LogP contribution in [0.3, 0.4) is 0 Å². The Hall–Kier alpha value is -2.65. The SMILES string of the molecule is COc1ccc([C@H]2NC(=O)CO[C@@H]2c2nc(C)nn2C2CCN(C)CC2)cc1OC. The number of hydrogen-bond acceptors (Lipinski definition) is 7. The smallest absolute Gasteiger partial charge is 0.246 e. The van der Waals surface area contributed by atoms with E-state index in [2.05, 4.69) is 17.3 Å². The van der Waals surface area contributed by atoms with E-state index in [0.717, 1.165) is 37.3 Å². The first-order chi connectivity index (χ1) is 14.5. The highest BCUT2D eigenvalue weighted by atomic mass is 16.5. The zero-order chi connectivity index (χ0) is 21.3. The molecule has 9 heteroatoms. The summed E-state index contributed by atoms with van der Waals surface area (Å²) >= 11 is 0. The predicted molar refractivity (Wildman–Crippen MR) is 110 cm³/mol. The molecular weight excluding hydrogens is 386 g/mol. The van der Waals surface area contributed by atoms with Crippen LogP contribution in [0, 0.1) is 6.92 Å². The fourth-order valence-corrected chi connectivity index (χ4v) is 4.23. The minimum absolute atomic E-state index is 0.00618. The molecule has 1 N–H and O–H groups in total. The van der Waals surface area contributed by atoms with Crippen molar-refractivity contribution >= 4 is 5.91 Å². The van der Waals surface area contributed by atoms with Crippen LogP contribution in [-0.4, -0.2) is 66.5 Å². The van der Waals surface area contributed by atoms with Crippen molar-refractivity contribution in [3.63, 3.8) is 0 Å². The number of hydrogen-bond donors (Lipinski definition) is 1. The summed E-state index contributed by atoms with van der Waals surface area (Å²) in [5.41, 5.74) is 0.862. The normalized spacial score (nSPS) is 23.3. The third-order valence-corrected chi connectivity index (χ3v) is 5.83. The molecule has 1 aromatic carbocycles. The molecule has 1 aromatic heterocycles. The molecule has 0 spiro atoms. The number of piperidine rings is 1. The van der Waals surface area contributed by atoms with Gasteiger partial charge in [-0.15, -0.1) is 0 Å². The number of rotatable bonds is 5. The summed E-state index contributed by atoms with van der Waals surface area (Å²) in [6, 6.07) is 5.48. The van der Waals surface area contributed by atoms with Crippen LogP contribution in [0.2, 0.25) is 0 Å². The standard InChI is InChI=1S/C21H29N5O4/c1-13-22-21(26(24-13)15-7-9-25(2)10-8-15)20-19(23-18(27)12-30-20)14-5-6-16(28-3)17(11-14)29-4/h5-6,11,15,19-20H,7-10,12H2,1-4H3,(H,23,27)/t19-,20+/m1/s1. The molecular formula is C21H29N5O4. The average Bonchev–Trinajstić information content (AvgIpc) is 3.15. The van der Waals surface area contributed by atoms with E-state index in [1.54, 1.807) is 14.2 Å². The molecule has 0 bridgehead atoms. The van der Waals surface area contributed by atoms with Crippen molar-refractivity contribution in [2.75, 3.05) is 41.0 Å². The number of carbonyl (C=O) groups is 1. The van der Waals surface area contributed by atoms with Gasteiger partial charge in [-0.05, 0) is 57.6 Å². The third kappa shape index (κ3) is 3.99. The lowest BCUT2D eigenvalue weighted by atomic mass is 9.97. The van der Waals surface area contributed by atoms with Crippen LogP contribution in [0.4, 0.5) is 0 Å². The number of carbonyl (C=O) groups excluding carboxylic acids is 1. The van der Waals surface area contributed by atoms with Crippen molar-refractivity contribution < 1.29 is 19.0 Å². The van der Waals surface area contributed by atoms with E-state index in [0.29, 0.717) is 17.3 Å². The van der Waals surface area contributed by atoms with Crippen molar-refractivity contribution in [2.24, 2.45) is 0 Å². The maximum Gasteiger partial charge on any atom is 0.246 e. The molecule has 0 aliphatic carbocycles. The van der Waals surface area contributed by atoms with Crippen LogP contribution in [0.15, 0.2) is 18.2 Å². The second-order valence-electron chi connectivity index (χ2n) is 7.89. The number of amides is 1. The maximum atomic E-state index is 12.2. The summed E-state index contributed by atoms with van der Waals surface area (Å²) in [7, 11) is 5.32. The van der Waals surface area contributed by atoms with Crippen molar-refractivity contribution in [1.29, 1.82) is 0 Å². The first-order valence-electron chi connectivity index (χ1n) is 10.2. The lowest BCUT2D eigenvalue weighted by Gasteiger charge is -2.35. The Bertz CT molecular complexity index is 907. The number of ether oxygens (including phenoxy) is 3. The Kier molecular flexibility index (Phi) is 5.92.